The van der Waals surface area contributed by atoms with E-state index in [9.17, 15) is 14.0 Å². The number of nitrogens with zero attached hydrogens (tertiary/aromatic N) is 2. The van der Waals surface area contributed by atoms with Crippen molar-refractivity contribution in [3.8, 4) is 11.5 Å². The highest BCUT2D eigenvalue weighted by Crippen LogP contribution is 2.28. The summed E-state index contributed by atoms with van der Waals surface area (Å²) in [6, 6.07) is 9.25. The highest BCUT2D eigenvalue weighted by molar-refractivity contribution is 5.97. The molecule has 2 amide bonds. The first kappa shape index (κ1) is 20.2. The van der Waals surface area contributed by atoms with E-state index in [1.54, 1.807) is 21.9 Å². The van der Waals surface area contributed by atoms with Crippen LogP contribution in [0, 0.1) is 5.82 Å². The summed E-state index contributed by atoms with van der Waals surface area (Å²) in [6.45, 7) is 5.18. The number of hydrogen-bond donors (Lipinski definition) is 0. The van der Waals surface area contributed by atoms with Gasteiger partial charge in [-0.25, -0.2) is 4.39 Å². The van der Waals surface area contributed by atoms with Gasteiger partial charge in [-0.15, -0.1) is 0 Å². The molecule has 1 fully saturated rings. The first-order chi connectivity index (χ1) is 14.4. The van der Waals surface area contributed by atoms with Crippen molar-refractivity contribution in [2.45, 2.75) is 32.4 Å². The van der Waals surface area contributed by atoms with E-state index in [1.807, 2.05) is 26.0 Å². The standard InChI is InChI=1S/C23H25FN2O4/c1-14-12-25(22(27)17-4-7-21-16(10-17)8-9-30-21)13-15(2)26(14)23(28)19-6-5-18(29-3)11-20(19)24/h4-7,10-11,14-15H,8-9,12-13H2,1-3H3/t14-,15-/m1/s1. The number of hydrogen-bond acceptors (Lipinski definition) is 4. The lowest BCUT2D eigenvalue weighted by Crippen LogP contribution is -2.59. The Morgan fingerprint density at radius 2 is 1.80 bits per heavy atom. The SMILES string of the molecule is COc1ccc(C(=O)N2[C@H](C)CN(C(=O)c3ccc4c(c3)CCO4)C[C@H]2C)c(F)c1. The van der Waals surface area contributed by atoms with E-state index in [2.05, 4.69) is 0 Å². The highest BCUT2D eigenvalue weighted by Gasteiger charge is 2.36. The Labute approximate surface area is 175 Å². The van der Waals surface area contributed by atoms with Crippen LogP contribution in [-0.4, -0.2) is 60.5 Å². The van der Waals surface area contributed by atoms with E-state index in [0.717, 1.165) is 17.7 Å². The summed E-state index contributed by atoms with van der Waals surface area (Å²) in [4.78, 5) is 29.5. The van der Waals surface area contributed by atoms with Gasteiger partial charge in [0, 0.05) is 43.2 Å². The summed E-state index contributed by atoms with van der Waals surface area (Å²) >= 11 is 0. The average Bonchev–Trinajstić information content (AvgIpc) is 3.20. The Morgan fingerprint density at radius 1 is 1.07 bits per heavy atom. The molecule has 0 aliphatic carbocycles. The zero-order valence-corrected chi connectivity index (χ0v) is 17.4. The number of piperazine rings is 1. The summed E-state index contributed by atoms with van der Waals surface area (Å²) < 4.78 is 25.0. The normalized spacial score (nSPS) is 20.5. The van der Waals surface area contributed by atoms with Gasteiger partial charge in [0.25, 0.3) is 11.8 Å². The monoisotopic (exact) mass is 412 g/mol. The van der Waals surface area contributed by atoms with Crippen molar-refractivity contribution in [2.24, 2.45) is 0 Å². The van der Waals surface area contributed by atoms with Crippen molar-refractivity contribution in [1.82, 2.24) is 9.80 Å². The second-order valence-corrected chi connectivity index (χ2v) is 7.89. The fourth-order valence-electron chi connectivity index (χ4n) is 4.33. The summed E-state index contributed by atoms with van der Waals surface area (Å²) in [6.07, 6.45) is 0.805. The average molecular weight is 412 g/mol. The molecule has 7 heteroatoms. The predicted octanol–water partition coefficient (Wildman–Crippen LogP) is 3.14. The van der Waals surface area contributed by atoms with Crippen LogP contribution in [0.3, 0.4) is 0 Å². The number of fused-ring (bicyclic) bond motifs is 1. The minimum atomic E-state index is -0.613. The van der Waals surface area contributed by atoms with Gasteiger partial charge in [-0.1, -0.05) is 0 Å². The van der Waals surface area contributed by atoms with Gasteiger partial charge in [-0.05, 0) is 49.7 Å². The summed E-state index contributed by atoms with van der Waals surface area (Å²) in [7, 11) is 1.45. The molecule has 2 heterocycles. The maximum Gasteiger partial charge on any atom is 0.257 e. The van der Waals surface area contributed by atoms with Crippen LogP contribution in [0.2, 0.25) is 0 Å². The number of methoxy groups -OCH3 is 1. The Morgan fingerprint density at radius 3 is 2.47 bits per heavy atom. The van der Waals surface area contributed by atoms with Crippen LogP contribution in [0.5, 0.6) is 11.5 Å². The summed E-state index contributed by atoms with van der Waals surface area (Å²) in [5.74, 6) is 0.145. The molecular weight excluding hydrogens is 387 g/mol. The Kier molecular flexibility index (Phi) is 5.37. The number of amides is 2. The molecule has 0 spiro atoms. The fraction of sp³-hybridized carbons (Fsp3) is 0.391. The van der Waals surface area contributed by atoms with Gasteiger partial charge < -0.3 is 19.3 Å². The molecule has 158 valence electrons. The van der Waals surface area contributed by atoms with E-state index < -0.39 is 5.82 Å². The molecule has 6 nitrogen and oxygen atoms in total. The maximum absolute atomic E-state index is 14.4. The van der Waals surface area contributed by atoms with Gasteiger partial charge in [0.15, 0.2) is 0 Å². The van der Waals surface area contributed by atoms with Gasteiger partial charge in [-0.3, -0.25) is 9.59 Å². The third-order valence-electron chi connectivity index (χ3n) is 5.78. The molecule has 0 saturated carbocycles. The second-order valence-electron chi connectivity index (χ2n) is 7.89. The molecule has 30 heavy (non-hydrogen) atoms. The topological polar surface area (TPSA) is 59.1 Å². The molecule has 0 unspecified atom stereocenters. The summed E-state index contributed by atoms with van der Waals surface area (Å²) in [5.41, 5.74) is 1.68. The van der Waals surface area contributed by atoms with Gasteiger partial charge >= 0.3 is 0 Å². The van der Waals surface area contributed by atoms with Gasteiger partial charge in [0.2, 0.25) is 0 Å². The molecule has 0 bridgehead atoms. The van der Waals surface area contributed by atoms with Crippen LogP contribution in [0.25, 0.3) is 0 Å². The van der Waals surface area contributed by atoms with E-state index in [4.69, 9.17) is 9.47 Å². The lowest BCUT2D eigenvalue weighted by Gasteiger charge is -2.44. The first-order valence-electron chi connectivity index (χ1n) is 10.1. The van der Waals surface area contributed by atoms with Crippen molar-refractivity contribution in [2.75, 3.05) is 26.8 Å². The van der Waals surface area contributed by atoms with Crippen LogP contribution in [0.1, 0.15) is 40.1 Å². The number of carbonyl (C=O) groups excluding carboxylic acids is 2. The van der Waals surface area contributed by atoms with Crippen LogP contribution < -0.4 is 9.47 Å². The van der Waals surface area contributed by atoms with Gasteiger partial charge in [0.05, 0.1) is 19.3 Å². The fourth-order valence-corrected chi connectivity index (χ4v) is 4.33. The molecule has 2 aliphatic heterocycles. The number of rotatable bonds is 3. The minimum Gasteiger partial charge on any atom is -0.497 e. The first-order valence-corrected chi connectivity index (χ1v) is 10.1. The van der Waals surface area contributed by atoms with Crippen molar-refractivity contribution in [1.29, 1.82) is 0 Å². The lowest BCUT2D eigenvalue weighted by molar-refractivity contribution is 0.0251. The lowest BCUT2D eigenvalue weighted by atomic mass is 10.0. The zero-order valence-electron chi connectivity index (χ0n) is 17.4. The molecule has 2 aromatic carbocycles. The van der Waals surface area contributed by atoms with E-state index >= 15 is 0 Å². The quantitative estimate of drug-likeness (QED) is 0.777. The molecule has 0 N–H and O–H groups in total. The number of halogens is 1. The minimum absolute atomic E-state index is 0.00731. The van der Waals surface area contributed by atoms with Crippen molar-refractivity contribution in [3.63, 3.8) is 0 Å². The molecule has 0 aromatic heterocycles. The molecular formula is C23H25FN2O4. The largest absolute Gasteiger partial charge is 0.497 e. The van der Waals surface area contributed by atoms with Gasteiger partial charge in [0.1, 0.15) is 17.3 Å². The van der Waals surface area contributed by atoms with E-state index in [1.165, 1.54) is 19.2 Å². The Balaban J connectivity index is 1.50. The number of ether oxygens (including phenoxy) is 2. The molecule has 1 saturated heterocycles. The van der Waals surface area contributed by atoms with Crippen molar-refractivity contribution in [3.05, 3.63) is 58.9 Å². The molecule has 2 aliphatic rings. The third-order valence-corrected chi connectivity index (χ3v) is 5.78. The Bertz CT molecular complexity index is 981. The number of benzene rings is 2. The van der Waals surface area contributed by atoms with Crippen LogP contribution in [0.4, 0.5) is 4.39 Å². The van der Waals surface area contributed by atoms with Crippen LogP contribution in [-0.2, 0) is 6.42 Å². The van der Waals surface area contributed by atoms with Crippen LogP contribution in [0.15, 0.2) is 36.4 Å². The second kappa shape index (κ2) is 7.97. The summed E-state index contributed by atoms with van der Waals surface area (Å²) in [5, 5.41) is 0. The van der Waals surface area contributed by atoms with Gasteiger partial charge in [-0.2, -0.15) is 0 Å². The number of carbonyl (C=O) groups is 2. The molecule has 0 radical (unpaired) electrons. The zero-order chi connectivity index (χ0) is 21.4. The molecule has 2 aromatic rings. The Hall–Kier alpha value is -3.09. The van der Waals surface area contributed by atoms with Crippen LogP contribution >= 0.6 is 0 Å². The molecule has 2 atom stereocenters. The van der Waals surface area contributed by atoms with E-state index in [0.29, 0.717) is 31.0 Å². The molecule has 4 rings (SSSR count). The third kappa shape index (κ3) is 3.60. The van der Waals surface area contributed by atoms with Crippen molar-refractivity contribution < 1.29 is 23.5 Å². The predicted molar refractivity (Wildman–Crippen MR) is 110 cm³/mol. The van der Waals surface area contributed by atoms with E-state index in [-0.39, 0.29) is 29.5 Å². The highest BCUT2D eigenvalue weighted by atomic mass is 19.1. The van der Waals surface area contributed by atoms with Crippen molar-refractivity contribution >= 4 is 11.8 Å². The maximum atomic E-state index is 14.4. The smallest absolute Gasteiger partial charge is 0.257 e.